The molecule has 0 radical (unpaired) electrons. The van der Waals surface area contributed by atoms with E-state index in [1.807, 2.05) is 0 Å². The molecule has 0 amide bonds. The first kappa shape index (κ1) is 9.60. The van der Waals surface area contributed by atoms with E-state index in [0.717, 1.165) is 23.2 Å². The maximum Gasteiger partial charge on any atom is 0.0320 e. The van der Waals surface area contributed by atoms with E-state index in [4.69, 9.17) is 0 Å². The molecule has 3 aliphatic rings. The standard InChI is InChI=1S/C12H21OP/c13-14-11-7-3-1-5-9(11)10-6-2-4-8-12(10)14/h9-13H,1-8H2/t9-,10+,11-,12-,14?/m1/s1. The van der Waals surface area contributed by atoms with Crippen LogP contribution in [-0.2, 0) is 0 Å². The molecule has 0 bridgehead atoms. The minimum Gasteiger partial charge on any atom is -0.373 e. The first-order valence-electron chi connectivity index (χ1n) is 6.35. The third kappa shape index (κ3) is 1.36. The van der Waals surface area contributed by atoms with Gasteiger partial charge in [0.15, 0.2) is 0 Å². The van der Waals surface area contributed by atoms with Crippen molar-refractivity contribution in [2.45, 2.75) is 62.7 Å². The fourth-order valence-electron chi connectivity index (χ4n) is 4.18. The van der Waals surface area contributed by atoms with E-state index in [-0.39, 0.29) is 0 Å². The molecule has 2 aliphatic carbocycles. The van der Waals surface area contributed by atoms with Gasteiger partial charge >= 0.3 is 0 Å². The third-order valence-corrected chi connectivity index (χ3v) is 7.43. The highest BCUT2D eigenvalue weighted by atomic mass is 31.1. The molecule has 3 fully saturated rings. The van der Waals surface area contributed by atoms with E-state index in [0.29, 0.717) is 0 Å². The SMILES string of the molecule is OP1[C@@H]2CCCC[C@@H]2[C@@H]2CCCC[C@H]21. The molecule has 1 saturated heterocycles. The van der Waals surface area contributed by atoms with Gasteiger partial charge in [-0.25, -0.2) is 0 Å². The van der Waals surface area contributed by atoms with Crippen LogP contribution in [0.25, 0.3) is 0 Å². The van der Waals surface area contributed by atoms with Crippen molar-refractivity contribution in [2.24, 2.45) is 11.8 Å². The number of hydrogen-bond acceptors (Lipinski definition) is 1. The maximum absolute atomic E-state index is 10.4. The molecule has 3 rings (SSSR count). The molecule has 2 heteroatoms. The minimum absolute atomic E-state index is 0.580. The zero-order valence-electron chi connectivity index (χ0n) is 8.86. The van der Waals surface area contributed by atoms with Crippen molar-refractivity contribution in [3.63, 3.8) is 0 Å². The third-order valence-electron chi connectivity index (χ3n) is 4.79. The normalized spacial score (nSPS) is 52.5. The van der Waals surface area contributed by atoms with Crippen molar-refractivity contribution in [2.75, 3.05) is 0 Å². The zero-order chi connectivity index (χ0) is 9.54. The van der Waals surface area contributed by atoms with Gasteiger partial charge in [0.25, 0.3) is 0 Å². The molecule has 1 nitrogen and oxygen atoms in total. The van der Waals surface area contributed by atoms with Crippen molar-refractivity contribution >= 4 is 8.15 Å². The average Bonchev–Trinajstić information content (AvgIpc) is 2.55. The molecule has 80 valence electrons. The molecule has 0 spiro atoms. The van der Waals surface area contributed by atoms with Gasteiger partial charge in [0, 0.05) is 19.5 Å². The Labute approximate surface area is 88.1 Å². The largest absolute Gasteiger partial charge is 0.373 e. The maximum atomic E-state index is 10.4. The Balaban J connectivity index is 1.83. The van der Waals surface area contributed by atoms with Crippen molar-refractivity contribution in [3.8, 4) is 0 Å². The zero-order valence-corrected chi connectivity index (χ0v) is 9.76. The van der Waals surface area contributed by atoms with Crippen molar-refractivity contribution in [1.82, 2.24) is 0 Å². The predicted molar refractivity (Wildman–Crippen MR) is 60.6 cm³/mol. The average molecular weight is 212 g/mol. The van der Waals surface area contributed by atoms with Crippen LogP contribution in [-0.4, -0.2) is 16.2 Å². The summed E-state index contributed by atoms with van der Waals surface area (Å²) in [4.78, 5) is 10.4. The van der Waals surface area contributed by atoms with E-state index in [1.54, 1.807) is 0 Å². The highest BCUT2D eigenvalue weighted by Gasteiger charge is 2.50. The molecule has 0 aromatic carbocycles. The van der Waals surface area contributed by atoms with Gasteiger partial charge in [-0.1, -0.05) is 25.7 Å². The molecule has 14 heavy (non-hydrogen) atoms. The summed E-state index contributed by atoms with van der Waals surface area (Å²) in [7, 11) is -0.580. The molecular weight excluding hydrogens is 191 g/mol. The van der Waals surface area contributed by atoms with Crippen LogP contribution in [0, 0.1) is 11.8 Å². The fourth-order valence-corrected chi connectivity index (χ4v) is 7.09. The van der Waals surface area contributed by atoms with E-state index in [2.05, 4.69) is 0 Å². The fraction of sp³-hybridized carbons (Fsp3) is 1.00. The van der Waals surface area contributed by atoms with Gasteiger partial charge in [-0.2, -0.15) is 0 Å². The molecule has 1 N–H and O–H groups in total. The van der Waals surface area contributed by atoms with Gasteiger partial charge in [0.1, 0.15) is 0 Å². The molecule has 1 aliphatic heterocycles. The van der Waals surface area contributed by atoms with Gasteiger partial charge in [0.05, 0.1) is 0 Å². The predicted octanol–water partition coefficient (Wildman–Crippen LogP) is 3.51. The monoisotopic (exact) mass is 212 g/mol. The topological polar surface area (TPSA) is 20.2 Å². The van der Waals surface area contributed by atoms with Crippen LogP contribution < -0.4 is 0 Å². The molecule has 5 atom stereocenters. The van der Waals surface area contributed by atoms with Gasteiger partial charge in [-0.15, -0.1) is 0 Å². The lowest BCUT2D eigenvalue weighted by Crippen LogP contribution is -2.26. The first-order chi connectivity index (χ1) is 6.88. The van der Waals surface area contributed by atoms with E-state index in [1.165, 1.54) is 51.4 Å². The summed E-state index contributed by atoms with van der Waals surface area (Å²) in [6.07, 6.45) is 11.2. The Bertz CT molecular complexity index is 196. The smallest absolute Gasteiger partial charge is 0.0320 e. The molecule has 0 aromatic heterocycles. The molecule has 1 heterocycles. The van der Waals surface area contributed by atoms with Crippen molar-refractivity contribution in [3.05, 3.63) is 0 Å². The lowest BCUT2D eigenvalue weighted by Gasteiger charge is -2.31. The van der Waals surface area contributed by atoms with Crippen LogP contribution in [0.1, 0.15) is 51.4 Å². The lowest BCUT2D eigenvalue weighted by atomic mass is 9.73. The van der Waals surface area contributed by atoms with E-state index < -0.39 is 8.15 Å². The second kappa shape index (κ2) is 3.76. The molecule has 2 saturated carbocycles. The van der Waals surface area contributed by atoms with Crippen molar-refractivity contribution in [1.29, 1.82) is 0 Å². The van der Waals surface area contributed by atoms with Crippen LogP contribution in [0.3, 0.4) is 0 Å². The van der Waals surface area contributed by atoms with Crippen LogP contribution in [0.2, 0.25) is 0 Å². The van der Waals surface area contributed by atoms with E-state index >= 15 is 0 Å². The Hall–Kier alpha value is 0.390. The summed E-state index contributed by atoms with van der Waals surface area (Å²) in [5.74, 6) is 1.87. The second-order valence-electron chi connectivity index (χ2n) is 5.41. The van der Waals surface area contributed by atoms with Gasteiger partial charge < -0.3 is 4.89 Å². The van der Waals surface area contributed by atoms with Crippen LogP contribution >= 0.6 is 8.15 Å². The molecule has 1 unspecified atom stereocenters. The summed E-state index contributed by atoms with van der Waals surface area (Å²) in [6, 6.07) is 0. The summed E-state index contributed by atoms with van der Waals surface area (Å²) in [6.45, 7) is 0. The first-order valence-corrected chi connectivity index (χ1v) is 7.78. The summed E-state index contributed by atoms with van der Waals surface area (Å²) in [5, 5.41) is 0. The quantitative estimate of drug-likeness (QED) is 0.609. The Morgan fingerprint density at radius 3 is 1.64 bits per heavy atom. The van der Waals surface area contributed by atoms with Gasteiger partial charge in [-0.05, 0) is 37.5 Å². The van der Waals surface area contributed by atoms with Crippen LogP contribution in [0.5, 0.6) is 0 Å². The Morgan fingerprint density at radius 1 is 0.714 bits per heavy atom. The Kier molecular flexibility index (Phi) is 2.58. The highest BCUT2D eigenvalue weighted by molar-refractivity contribution is 7.53. The van der Waals surface area contributed by atoms with Gasteiger partial charge in [0.2, 0.25) is 0 Å². The van der Waals surface area contributed by atoms with Crippen LogP contribution in [0.4, 0.5) is 0 Å². The summed E-state index contributed by atoms with van der Waals surface area (Å²) in [5.41, 5.74) is 1.51. The van der Waals surface area contributed by atoms with E-state index in [9.17, 15) is 4.89 Å². The molecule has 0 aromatic rings. The number of hydrogen-bond donors (Lipinski definition) is 1. The highest BCUT2D eigenvalue weighted by Crippen LogP contribution is 2.65. The van der Waals surface area contributed by atoms with Gasteiger partial charge in [-0.3, -0.25) is 0 Å². The Morgan fingerprint density at radius 2 is 1.14 bits per heavy atom. The molecular formula is C12H21OP. The van der Waals surface area contributed by atoms with Crippen molar-refractivity contribution < 1.29 is 4.89 Å². The lowest BCUT2D eigenvalue weighted by molar-refractivity contribution is 0.231. The van der Waals surface area contributed by atoms with Crippen LogP contribution in [0.15, 0.2) is 0 Å². The minimum atomic E-state index is -0.580. The summed E-state index contributed by atoms with van der Waals surface area (Å²) < 4.78 is 0. The second-order valence-corrected chi connectivity index (χ2v) is 7.50. The summed E-state index contributed by atoms with van der Waals surface area (Å²) >= 11 is 0. The number of fused-ring (bicyclic) bond motifs is 3. The number of rotatable bonds is 0.